The average Bonchev–Trinajstić information content (AvgIpc) is 3.36. The number of anilines is 3. The molecule has 10 heteroatoms. The lowest BCUT2D eigenvalue weighted by Crippen LogP contribution is -2.19. The van der Waals surface area contributed by atoms with Gasteiger partial charge in [0.2, 0.25) is 0 Å². The Bertz CT molecular complexity index is 1390. The maximum absolute atomic E-state index is 14.7. The van der Waals surface area contributed by atoms with Crippen LogP contribution in [0.3, 0.4) is 0 Å². The number of ether oxygens (including phenoxy) is 1. The lowest BCUT2D eigenvalue weighted by atomic mass is 10.2. The van der Waals surface area contributed by atoms with Gasteiger partial charge in [0.05, 0.1) is 17.2 Å². The minimum absolute atomic E-state index is 0.138. The number of benzene rings is 3. The average molecular weight is 479 g/mol. The van der Waals surface area contributed by atoms with Crippen LogP contribution in [0.25, 0.3) is 11.0 Å². The van der Waals surface area contributed by atoms with Crippen molar-refractivity contribution >= 4 is 34.3 Å². The van der Waals surface area contributed by atoms with Gasteiger partial charge in [0, 0.05) is 42.7 Å². The minimum atomic E-state index is -1.01. The lowest BCUT2D eigenvalue weighted by Gasteiger charge is -2.16. The third-order valence-electron chi connectivity index (χ3n) is 5.49. The zero-order valence-corrected chi connectivity index (χ0v) is 18.4. The number of nitrogens with zero attached hydrogens (tertiary/aromatic N) is 3. The summed E-state index contributed by atoms with van der Waals surface area (Å²) in [6.07, 6.45) is 3.90. The molecule has 7 nitrogen and oxygen atoms in total. The second-order valence-electron chi connectivity index (χ2n) is 8.03. The number of carbonyl (C=O) groups excluding carboxylic acids is 1. The summed E-state index contributed by atoms with van der Waals surface area (Å²) >= 11 is 0. The maximum atomic E-state index is 14.7. The Kier molecular flexibility index (Phi) is 6.09. The first-order chi connectivity index (χ1) is 16.9. The molecular formula is C25H20F3N5O2. The van der Waals surface area contributed by atoms with Crippen molar-refractivity contribution in [2.75, 3.05) is 28.6 Å². The van der Waals surface area contributed by atoms with Crippen LogP contribution in [0.15, 0.2) is 60.8 Å². The molecule has 0 saturated carbocycles. The summed E-state index contributed by atoms with van der Waals surface area (Å²) in [4.78, 5) is 23.3. The van der Waals surface area contributed by atoms with Crippen LogP contribution >= 0.6 is 0 Å². The first kappa shape index (κ1) is 22.5. The molecule has 0 atom stereocenters. The van der Waals surface area contributed by atoms with Crippen LogP contribution in [0, 0.1) is 17.5 Å². The van der Waals surface area contributed by atoms with E-state index in [-0.39, 0.29) is 17.1 Å². The second-order valence-corrected chi connectivity index (χ2v) is 8.03. The molecule has 0 spiro atoms. The van der Waals surface area contributed by atoms with Gasteiger partial charge in [0.1, 0.15) is 17.4 Å². The first-order valence-corrected chi connectivity index (χ1v) is 11.0. The molecule has 5 rings (SSSR count). The van der Waals surface area contributed by atoms with Crippen molar-refractivity contribution in [3.8, 4) is 11.5 Å². The fourth-order valence-corrected chi connectivity index (χ4v) is 3.85. The van der Waals surface area contributed by atoms with E-state index < -0.39 is 29.2 Å². The number of nitrogens with one attached hydrogen (secondary N) is 2. The molecule has 35 heavy (non-hydrogen) atoms. The summed E-state index contributed by atoms with van der Waals surface area (Å²) in [6.45, 7) is 1.82. The normalized spacial score (nSPS) is 13.2. The number of rotatable bonds is 5. The number of amides is 2. The molecule has 3 aromatic carbocycles. The molecule has 1 fully saturated rings. The SMILES string of the molecule is O=C(Nc1cccc(F)c1)Nc1cc(F)c(Oc2ccc3ncc(N4CCCC4)nc3c2)c(F)c1. The Labute approximate surface area is 198 Å². The molecular weight excluding hydrogens is 459 g/mol. The smallest absolute Gasteiger partial charge is 0.323 e. The number of carbonyl (C=O) groups is 1. The highest BCUT2D eigenvalue weighted by molar-refractivity contribution is 5.99. The van der Waals surface area contributed by atoms with Crippen molar-refractivity contribution in [1.29, 1.82) is 0 Å². The Morgan fingerprint density at radius 2 is 1.63 bits per heavy atom. The Morgan fingerprint density at radius 3 is 2.37 bits per heavy atom. The number of aromatic nitrogens is 2. The Hall–Kier alpha value is -4.34. The molecule has 0 aliphatic carbocycles. The highest BCUT2D eigenvalue weighted by atomic mass is 19.1. The van der Waals surface area contributed by atoms with Gasteiger partial charge >= 0.3 is 6.03 Å². The standard InChI is InChI=1S/C25H20F3N5O2/c26-15-4-3-5-16(10-15)30-25(34)31-17-11-19(27)24(20(28)12-17)35-18-6-7-21-22(13-18)32-23(14-29-21)33-8-1-2-9-33/h3-7,10-14H,1-2,8-9H2,(H2,30,31,34). The van der Waals surface area contributed by atoms with E-state index in [9.17, 15) is 18.0 Å². The van der Waals surface area contributed by atoms with Gasteiger partial charge in [-0.1, -0.05) is 6.07 Å². The summed E-state index contributed by atoms with van der Waals surface area (Å²) in [7, 11) is 0. The lowest BCUT2D eigenvalue weighted by molar-refractivity contribution is 0.262. The van der Waals surface area contributed by atoms with Gasteiger partial charge < -0.3 is 20.3 Å². The molecule has 0 bridgehead atoms. The van der Waals surface area contributed by atoms with Crippen molar-refractivity contribution in [2.24, 2.45) is 0 Å². The van der Waals surface area contributed by atoms with E-state index in [1.807, 2.05) is 0 Å². The number of hydrogen-bond acceptors (Lipinski definition) is 5. The monoisotopic (exact) mass is 479 g/mol. The molecule has 2 N–H and O–H groups in total. The number of fused-ring (bicyclic) bond motifs is 1. The zero-order valence-electron chi connectivity index (χ0n) is 18.4. The summed E-state index contributed by atoms with van der Waals surface area (Å²) in [5.41, 5.74) is 1.22. The molecule has 1 aromatic heterocycles. The molecule has 0 radical (unpaired) electrons. The van der Waals surface area contributed by atoms with Crippen molar-refractivity contribution in [2.45, 2.75) is 12.8 Å². The van der Waals surface area contributed by atoms with Crippen LogP contribution in [0.2, 0.25) is 0 Å². The number of urea groups is 1. The maximum Gasteiger partial charge on any atom is 0.323 e. The van der Waals surface area contributed by atoms with Gasteiger partial charge in [-0.05, 0) is 43.2 Å². The van der Waals surface area contributed by atoms with Crippen molar-refractivity contribution in [1.82, 2.24) is 9.97 Å². The molecule has 1 aliphatic heterocycles. The summed E-state index contributed by atoms with van der Waals surface area (Å²) in [6, 6.07) is 11.1. The van der Waals surface area contributed by atoms with E-state index in [1.165, 1.54) is 18.2 Å². The molecule has 0 unspecified atom stereocenters. The van der Waals surface area contributed by atoms with Gasteiger partial charge in [0.15, 0.2) is 17.4 Å². The van der Waals surface area contributed by atoms with Crippen LogP contribution in [0.4, 0.5) is 35.2 Å². The van der Waals surface area contributed by atoms with E-state index in [4.69, 9.17) is 4.74 Å². The minimum Gasteiger partial charge on any atom is -0.451 e. The van der Waals surface area contributed by atoms with E-state index in [0.29, 0.717) is 11.0 Å². The second kappa shape index (κ2) is 9.49. The van der Waals surface area contributed by atoms with Gasteiger partial charge in [0.25, 0.3) is 0 Å². The van der Waals surface area contributed by atoms with Crippen LogP contribution in [0.1, 0.15) is 12.8 Å². The Balaban J connectivity index is 1.32. The molecule has 2 amide bonds. The van der Waals surface area contributed by atoms with Crippen molar-refractivity contribution < 1.29 is 22.7 Å². The predicted octanol–water partition coefficient (Wildman–Crippen LogP) is 6.08. The van der Waals surface area contributed by atoms with Crippen molar-refractivity contribution in [3.05, 3.63) is 78.2 Å². The van der Waals surface area contributed by atoms with Gasteiger partial charge in [-0.25, -0.2) is 22.9 Å². The van der Waals surface area contributed by atoms with Crippen LogP contribution in [0.5, 0.6) is 11.5 Å². The Morgan fingerprint density at radius 1 is 0.886 bits per heavy atom. The number of halogens is 3. The molecule has 2 heterocycles. The van der Waals surface area contributed by atoms with Crippen LogP contribution in [-0.4, -0.2) is 29.1 Å². The largest absolute Gasteiger partial charge is 0.451 e. The molecule has 1 saturated heterocycles. The van der Waals surface area contributed by atoms with Gasteiger partial charge in [-0.15, -0.1) is 0 Å². The molecule has 178 valence electrons. The highest BCUT2D eigenvalue weighted by Gasteiger charge is 2.17. The van der Waals surface area contributed by atoms with Crippen LogP contribution in [-0.2, 0) is 0 Å². The highest BCUT2D eigenvalue weighted by Crippen LogP contribution is 2.32. The summed E-state index contributed by atoms with van der Waals surface area (Å²) in [5, 5.41) is 4.69. The molecule has 1 aliphatic rings. The fraction of sp³-hybridized carbons (Fsp3) is 0.160. The third kappa shape index (κ3) is 5.11. The van der Waals surface area contributed by atoms with E-state index in [2.05, 4.69) is 25.5 Å². The van der Waals surface area contributed by atoms with E-state index in [0.717, 1.165) is 49.9 Å². The summed E-state index contributed by atoms with van der Waals surface area (Å²) < 4.78 is 48.1. The zero-order chi connectivity index (χ0) is 24.4. The predicted molar refractivity (Wildman–Crippen MR) is 126 cm³/mol. The molecule has 4 aromatic rings. The fourth-order valence-electron chi connectivity index (χ4n) is 3.85. The topological polar surface area (TPSA) is 79.4 Å². The summed E-state index contributed by atoms with van der Waals surface area (Å²) in [5.74, 6) is -2.24. The third-order valence-corrected chi connectivity index (χ3v) is 5.49. The van der Waals surface area contributed by atoms with E-state index in [1.54, 1.807) is 24.4 Å². The van der Waals surface area contributed by atoms with Gasteiger partial charge in [-0.3, -0.25) is 4.98 Å². The van der Waals surface area contributed by atoms with Crippen LogP contribution < -0.4 is 20.3 Å². The van der Waals surface area contributed by atoms with Crippen molar-refractivity contribution in [3.63, 3.8) is 0 Å². The van der Waals surface area contributed by atoms with E-state index >= 15 is 0 Å². The van der Waals surface area contributed by atoms with Gasteiger partial charge in [-0.2, -0.15) is 0 Å². The number of hydrogen-bond donors (Lipinski definition) is 2. The quantitative estimate of drug-likeness (QED) is 0.363. The first-order valence-electron chi connectivity index (χ1n) is 11.0.